The van der Waals surface area contributed by atoms with Gasteiger partial charge >= 0.3 is 0 Å². The Morgan fingerprint density at radius 2 is 1.42 bits per heavy atom. The first-order valence-electron chi connectivity index (χ1n) is 7.75. The number of benzene rings is 2. The van der Waals surface area contributed by atoms with Crippen LogP contribution in [-0.4, -0.2) is 15.1 Å². The van der Waals surface area contributed by atoms with Gasteiger partial charge in [-0.2, -0.15) is 0 Å². The predicted octanol–water partition coefficient (Wildman–Crippen LogP) is 4.87. The van der Waals surface area contributed by atoms with Gasteiger partial charge < -0.3 is 10.1 Å². The maximum atomic E-state index is 11.7. The Kier molecular flexibility index (Phi) is 4.68. The summed E-state index contributed by atoms with van der Waals surface area (Å²) >= 11 is 12.0. The Labute approximate surface area is 151 Å². The summed E-state index contributed by atoms with van der Waals surface area (Å²) in [6, 6.07) is 14.3. The predicted molar refractivity (Wildman–Crippen MR) is 97.7 cm³/mol. The molecule has 3 nitrogen and oxygen atoms in total. The van der Waals surface area contributed by atoms with Gasteiger partial charge in [0.05, 0.1) is 0 Å². The SMILES string of the molecule is CCc1nc(C(O)(c2ccc(Cl)cc2)c2ccc(Cl)cc2)c(C)[nH]1. The highest BCUT2D eigenvalue weighted by molar-refractivity contribution is 6.30. The molecule has 0 atom stereocenters. The lowest BCUT2D eigenvalue weighted by atomic mass is 9.83. The van der Waals surface area contributed by atoms with Crippen LogP contribution in [-0.2, 0) is 12.0 Å². The monoisotopic (exact) mass is 360 g/mol. The van der Waals surface area contributed by atoms with Crippen LogP contribution in [0.3, 0.4) is 0 Å². The van der Waals surface area contributed by atoms with Gasteiger partial charge in [0.1, 0.15) is 11.5 Å². The summed E-state index contributed by atoms with van der Waals surface area (Å²) in [6.07, 6.45) is 0.762. The largest absolute Gasteiger partial charge is 0.374 e. The van der Waals surface area contributed by atoms with Crippen LogP contribution in [0.2, 0.25) is 10.0 Å². The van der Waals surface area contributed by atoms with Gasteiger partial charge in [-0.3, -0.25) is 0 Å². The number of H-pyrrole nitrogens is 1. The van der Waals surface area contributed by atoms with Crippen molar-refractivity contribution in [2.45, 2.75) is 25.9 Å². The third kappa shape index (κ3) is 2.95. The minimum Gasteiger partial charge on any atom is -0.374 e. The van der Waals surface area contributed by atoms with Crippen molar-refractivity contribution < 1.29 is 5.11 Å². The van der Waals surface area contributed by atoms with E-state index in [0.717, 1.165) is 17.9 Å². The molecule has 0 saturated heterocycles. The van der Waals surface area contributed by atoms with E-state index in [1.165, 1.54) is 0 Å². The lowest BCUT2D eigenvalue weighted by Gasteiger charge is -2.28. The second kappa shape index (κ2) is 6.60. The first kappa shape index (κ1) is 17.0. The normalized spacial score (nSPS) is 11.7. The van der Waals surface area contributed by atoms with Crippen molar-refractivity contribution in [1.29, 1.82) is 0 Å². The quantitative estimate of drug-likeness (QED) is 0.696. The van der Waals surface area contributed by atoms with Crippen molar-refractivity contribution in [2.75, 3.05) is 0 Å². The third-order valence-corrected chi connectivity index (χ3v) is 4.64. The zero-order chi connectivity index (χ0) is 17.3. The number of nitrogens with one attached hydrogen (secondary N) is 1. The number of hydrogen-bond donors (Lipinski definition) is 2. The van der Waals surface area contributed by atoms with Crippen molar-refractivity contribution in [2.24, 2.45) is 0 Å². The van der Waals surface area contributed by atoms with Crippen molar-refractivity contribution in [1.82, 2.24) is 9.97 Å². The van der Waals surface area contributed by atoms with Gasteiger partial charge in [-0.1, -0.05) is 54.4 Å². The van der Waals surface area contributed by atoms with Gasteiger partial charge in [0.15, 0.2) is 5.60 Å². The summed E-state index contributed by atoms with van der Waals surface area (Å²) < 4.78 is 0. The van der Waals surface area contributed by atoms with Crippen LogP contribution in [0, 0.1) is 6.92 Å². The molecule has 2 aromatic carbocycles. The average Bonchev–Trinajstić information content (AvgIpc) is 2.97. The first-order chi connectivity index (χ1) is 11.4. The summed E-state index contributed by atoms with van der Waals surface area (Å²) in [5, 5.41) is 13.0. The Morgan fingerprint density at radius 1 is 0.958 bits per heavy atom. The maximum Gasteiger partial charge on any atom is 0.159 e. The molecule has 124 valence electrons. The minimum atomic E-state index is -1.39. The molecule has 1 aromatic heterocycles. The summed E-state index contributed by atoms with van der Waals surface area (Å²) in [7, 11) is 0. The molecule has 1 heterocycles. The molecular formula is C19H18Cl2N2O. The van der Waals surface area contributed by atoms with E-state index in [4.69, 9.17) is 23.2 Å². The van der Waals surface area contributed by atoms with Crippen molar-refractivity contribution >= 4 is 23.2 Å². The second-order valence-electron chi connectivity index (χ2n) is 5.73. The number of aryl methyl sites for hydroxylation is 2. The Bertz CT molecular complexity index is 793. The fraction of sp³-hybridized carbons (Fsp3) is 0.211. The molecule has 0 bridgehead atoms. The van der Waals surface area contributed by atoms with Crippen LogP contribution in [0.1, 0.15) is 35.3 Å². The second-order valence-corrected chi connectivity index (χ2v) is 6.61. The van der Waals surface area contributed by atoms with Crippen LogP contribution in [0.15, 0.2) is 48.5 Å². The van der Waals surface area contributed by atoms with Gasteiger partial charge in [0, 0.05) is 22.2 Å². The lowest BCUT2D eigenvalue weighted by Crippen LogP contribution is -2.30. The van der Waals surface area contributed by atoms with E-state index in [9.17, 15) is 5.11 Å². The van der Waals surface area contributed by atoms with Gasteiger partial charge in [-0.05, 0) is 42.3 Å². The van der Waals surface area contributed by atoms with E-state index >= 15 is 0 Å². The average molecular weight is 361 g/mol. The van der Waals surface area contributed by atoms with Gasteiger partial charge in [-0.25, -0.2) is 4.98 Å². The van der Waals surface area contributed by atoms with Gasteiger partial charge in [0.2, 0.25) is 0 Å². The molecule has 0 saturated carbocycles. The molecule has 0 aliphatic heterocycles. The Morgan fingerprint density at radius 3 is 1.79 bits per heavy atom. The van der Waals surface area contributed by atoms with Crippen LogP contribution in [0.5, 0.6) is 0 Å². The molecule has 0 radical (unpaired) electrons. The highest BCUT2D eigenvalue weighted by atomic mass is 35.5. The summed E-state index contributed by atoms with van der Waals surface area (Å²) in [5.41, 5.74) is 1.43. The summed E-state index contributed by atoms with van der Waals surface area (Å²) in [4.78, 5) is 7.87. The summed E-state index contributed by atoms with van der Waals surface area (Å²) in [6.45, 7) is 3.93. The maximum absolute atomic E-state index is 11.7. The molecule has 0 spiro atoms. The standard InChI is InChI=1S/C19H18Cl2N2O/c1-3-17-22-12(2)18(23-17)19(24,13-4-8-15(20)9-5-13)14-6-10-16(21)11-7-14/h4-11,24H,3H2,1-2H3,(H,22,23). The topological polar surface area (TPSA) is 48.9 Å². The van der Waals surface area contributed by atoms with Crippen LogP contribution < -0.4 is 0 Å². The molecule has 5 heteroatoms. The number of imidazole rings is 1. The summed E-state index contributed by atoms with van der Waals surface area (Å²) in [5.74, 6) is 0.837. The van der Waals surface area contributed by atoms with Gasteiger partial charge in [0.25, 0.3) is 0 Å². The molecule has 2 N–H and O–H groups in total. The number of aliphatic hydroxyl groups is 1. The fourth-order valence-electron chi connectivity index (χ4n) is 2.86. The van der Waals surface area contributed by atoms with E-state index in [2.05, 4.69) is 9.97 Å². The zero-order valence-electron chi connectivity index (χ0n) is 13.5. The number of aromatic nitrogens is 2. The molecular weight excluding hydrogens is 343 g/mol. The van der Waals surface area contributed by atoms with E-state index in [1.54, 1.807) is 24.3 Å². The van der Waals surface area contributed by atoms with Crippen LogP contribution in [0.4, 0.5) is 0 Å². The van der Waals surface area contributed by atoms with E-state index in [1.807, 2.05) is 38.1 Å². The van der Waals surface area contributed by atoms with E-state index < -0.39 is 5.60 Å². The van der Waals surface area contributed by atoms with E-state index in [-0.39, 0.29) is 0 Å². The van der Waals surface area contributed by atoms with Crippen LogP contribution in [0.25, 0.3) is 0 Å². The number of nitrogens with zero attached hydrogens (tertiary/aromatic N) is 1. The smallest absolute Gasteiger partial charge is 0.159 e. The highest BCUT2D eigenvalue weighted by Crippen LogP contribution is 2.38. The molecule has 0 aliphatic carbocycles. The molecule has 24 heavy (non-hydrogen) atoms. The van der Waals surface area contributed by atoms with Crippen LogP contribution >= 0.6 is 23.2 Å². The molecule has 0 aliphatic rings. The van der Waals surface area contributed by atoms with E-state index in [0.29, 0.717) is 26.9 Å². The molecule has 3 rings (SSSR count). The number of rotatable bonds is 4. The molecule has 3 aromatic rings. The fourth-order valence-corrected chi connectivity index (χ4v) is 3.12. The first-order valence-corrected chi connectivity index (χ1v) is 8.51. The number of aromatic amines is 1. The van der Waals surface area contributed by atoms with Crippen molar-refractivity contribution in [3.63, 3.8) is 0 Å². The molecule has 0 unspecified atom stereocenters. The Balaban J connectivity index is 2.25. The molecule has 0 amide bonds. The highest BCUT2D eigenvalue weighted by Gasteiger charge is 2.37. The number of halogens is 2. The third-order valence-electron chi connectivity index (χ3n) is 4.14. The number of hydrogen-bond acceptors (Lipinski definition) is 2. The lowest BCUT2D eigenvalue weighted by molar-refractivity contribution is 0.120. The van der Waals surface area contributed by atoms with Crippen molar-refractivity contribution in [3.8, 4) is 0 Å². The van der Waals surface area contributed by atoms with Gasteiger partial charge in [-0.15, -0.1) is 0 Å². The minimum absolute atomic E-state index is 0.587. The Hall–Kier alpha value is -1.81. The van der Waals surface area contributed by atoms with Crippen molar-refractivity contribution in [3.05, 3.63) is 86.9 Å². The zero-order valence-corrected chi connectivity index (χ0v) is 15.0. The molecule has 0 fully saturated rings.